The number of nitrogens with one attached hydrogen (secondary N) is 1. The zero-order chi connectivity index (χ0) is 15.1. The molecule has 1 aliphatic rings. The lowest BCUT2D eigenvalue weighted by molar-refractivity contribution is -0.143. The Balaban J connectivity index is 1.76. The molecule has 1 aromatic rings. The molecule has 2 rings (SSSR count). The van der Waals surface area contributed by atoms with Gasteiger partial charge in [-0.1, -0.05) is 37.3 Å². The molecule has 0 spiro atoms. The van der Waals surface area contributed by atoms with E-state index >= 15 is 0 Å². The fraction of sp³-hybridized carbons (Fsp3) is 0.588. The second kappa shape index (κ2) is 8.15. The Bertz CT molecular complexity index is 428. The normalized spacial score (nSPS) is 18.4. The summed E-state index contributed by atoms with van der Waals surface area (Å²) in [6.07, 6.45) is 2.94. The molecule has 1 fully saturated rings. The van der Waals surface area contributed by atoms with E-state index in [9.17, 15) is 4.79 Å². The van der Waals surface area contributed by atoms with Crippen molar-refractivity contribution in [2.24, 2.45) is 0 Å². The van der Waals surface area contributed by atoms with Gasteiger partial charge in [0.2, 0.25) is 0 Å². The number of benzene rings is 1. The third-order valence-corrected chi connectivity index (χ3v) is 4.17. The van der Waals surface area contributed by atoms with Crippen LogP contribution in [0.3, 0.4) is 0 Å². The number of hydrogen-bond acceptors (Lipinski definition) is 4. The molecule has 0 radical (unpaired) electrons. The molecule has 1 saturated heterocycles. The lowest BCUT2D eigenvalue weighted by atomic mass is 10.0. The second-order valence-corrected chi connectivity index (χ2v) is 5.69. The largest absolute Gasteiger partial charge is 0.468 e. The molecule has 0 aliphatic carbocycles. The van der Waals surface area contributed by atoms with E-state index in [4.69, 9.17) is 4.74 Å². The topological polar surface area (TPSA) is 41.6 Å². The summed E-state index contributed by atoms with van der Waals surface area (Å²) in [5, 5.41) is 3.44. The molecule has 4 heteroatoms. The van der Waals surface area contributed by atoms with Gasteiger partial charge in [0.15, 0.2) is 0 Å². The third-order valence-electron chi connectivity index (χ3n) is 4.17. The van der Waals surface area contributed by atoms with Crippen molar-refractivity contribution in [1.82, 2.24) is 10.2 Å². The summed E-state index contributed by atoms with van der Waals surface area (Å²) in [7, 11) is 1.45. The highest BCUT2D eigenvalue weighted by molar-refractivity contribution is 5.75. The van der Waals surface area contributed by atoms with Crippen molar-refractivity contribution >= 4 is 5.97 Å². The Hall–Kier alpha value is -1.39. The molecule has 21 heavy (non-hydrogen) atoms. The van der Waals surface area contributed by atoms with Crippen LogP contribution >= 0.6 is 0 Å². The van der Waals surface area contributed by atoms with E-state index in [2.05, 4.69) is 40.5 Å². The van der Waals surface area contributed by atoms with Crippen LogP contribution in [0.2, 0.25) is 0 Å². The van der Waals surface area contributed by atoms with E-state index in [1.807, 2.05) is 6.92 Å². The number of carbonyl (C=O) groups is 1. The first-order valence-electron chi connectivity index (χ1n) is 7.83. The predicted molar refractivity (Wildman–Crippen MR) is 84.0 cm³/mol. The number of nitrogens with zero attached hydrogens (tertiary/aromatic N) is 1. The Morgan fingerprint density at radius 1 is 1.33 bits per heavy atom. The fourth-order valence-corrected chi connectivity index (χ4v) is 2.88. The van der Waals surface area contributed by atoms with Crippen molar-refractivity contribution in [3.05, 3.63) is 35.9 Å². The number of esters is 1. The summed E-state index contributed by atoms with van der Waals surface area (Å²) in [6.45, 7) is 5.18. The summed E-state index contributed by atoms with van der Waals surface area (Å²) >= 11 is 0. The van der Waals surface area contributed by atoms with Crippen molar-refractivity contribution in [1.29, 1.82) is 0 Å². The van der Waals surface area contributed by atoms with E-state index in [1.165, 1.54) is 12.7 Å². The van der Waals surface area contributed by atoms with E-state index in [0.29, 0.717) is 6.04 Å². The standard InChI is InChI=1S/C17H26N2O2/c1-3-16(17(20)21-2)18-15-9-11-19(12-10-15)13-14-7-5-4-6-8-14/h4-8,15-16,18H,3,9-13H2,1-2H3/t16-/m1/s1. The van der Waals surface area contributed by atoms with Gasteiger partial charge < -0.3 is 10.1 Å². The summed E-state index contributed by atoms with van der Waals surface area (Å²) in [4.78, 5) is 14.1. The molecule has 4 nitrogen and oxygen atoms in total. The van der Waals surface area contributed by atoms with Gasteiger partial charge in [-0.3, -0.25) is 9.69 Å². The summed E-state index contributed by atoms with van der Waals surface area (Å²) < 4.78 is 4.83. The highest BCUT2D eigenvalue weighted by Crippen LogP contribution is 2.15. The van der Waals surface area contributed by atoms with Gasteiger partial charge in [-0.25, -0.2) is 0 Å². The van der Waals surface area contributed by atoms with Crippen LogP contribution in [-0.4, -0.2) is 43.2 Å². The molecular formula is C17H26N2O2. The average Bonchev–Trinajstić information content (AvgIpc) is 2.54. The van der Waals surface area contributed by atoms with Crippen molar-refractivity contribution < 1.29 is 9.53 Å². The monoisotopic (exact) mass is 290 g/mol. The predicted octanol–water partition coefficient (Wildman–Crippen LogP) is 2.19. The Morgan fingerprint density at radius 3 is 2.57 bits per heavy atom. The zero-order valence-corrected chi connectivity index (χ0v) is 13.0. The molecule has 116 valence electrons. The lowest BCUT2D eigenvalue weighted by Gasteiger charge is -2.34. The summed E-state index contributed by atoms with van der Waals surface area (Å²) in [5.74, 6) is -0.149. The molecular weight excluding hydrogens is 264 g/mol. The van der Waals surface area contributed by atoms with E-state index in [-0.39, 0.29) is 12.0 Å². The van der Waals surface area contributed by atoms with Gasteiger partial charge in [0, 0.05) is 12.6 Å². The van der Waals surface area contributed by atoms with Gasteiger partial charge in [0.05, 0.1) is 7.11 Å². The van der Waals surface area contributed by atoms with Crippen LogP contribution in [0.25, 0.3) is 0 Å². The Morgan fingerprint density at radius 2 is 2.00 bits per heavy atom. The van der Waals surface area contributed by atoms with Gasteiger partial charge in [0.1, 0.15) is 6.04 Å². The summed E-state index contributed by atoms with van der Waals surface area (Å²) in [5.41, 5.74) is 1.37. The van der Waals surface area contributed by atoms with Crippen LogP contribution in [0.1, 0.15) is 31.7 Å². The van der Waals surface area contributed by atoms with Crippen LogP contribution in [-0.2, 0) is 16.1 Å². The van der Waals surface area contributed by atoms with E-state index in [1.54, 1.807) is 0 Å². The van der Waals surface area contributed by atoms with Crippen LogP contribution in [0.4, 0.5) is 0 Å². The molecule has 1 aromatic carbocycles. The van der Waals surface area contributed by atoms with Crippen LogP contribution in [0.15, 0.2) is 30.3 Å². The smallest absolute Gasteiger partial charge is 0.322 e. The molecule has 0 amide bonds. The minimum Gasteiger partial charge on any atom is -0.468 e. The first kappa shape index (κ1) is 16.0. The van der Waals surface area contributed by atoms with Crippen LogP contribution < -0.4 is 5.32 Å². The van der Waals surface area contributed by atoms with Crippen molar-refractivity contribution in [2.75, 3.05) is 20.2 Å². The number of rotatable bonds is 6. The molecule has 1 N–H and O–H groups in total. The van der Waals surface area contributed by atoms with E-state index < -0.39 is 0 Å². The molecule has 0 bridgehead atoms. The average molecular weight is 290 g/mol. The molecule has 0 aromatic heterocycles. The fourth-order valence-electron chi connectivity index (χ4n) is 2.88. The highest BCUT2D eigenvalue weighted by Gasteiger charge is 2.24. The first-order chi connectivity index (χ1) is 10.2. The molecule has 1 aliphatic heterocycles. The Labute approximate surface area is 127 Å². The molecule has 1 atom stereocenters. The quantitative estimate of drug-likeness (QED) is 0.816. The van der Waals surface area contributed by atoms with Crippen molar-refractivity contribution in [3.63, 3.8) is 0 Å². The minimum absolute atomic E-state index is 0.149. The van der Waals surface area contributed by atoms with Crippen LogP contribution in [0, 0.1) is 0 Å². The van der Waals surface area contributed by atoms with Gasteiger partial charge >= 0.3 is 5.97 Å². The zero-order valence-electron chi connectivity index (χ0n) is 13.0. The lowest BCUT2D eigenvalue weighted by Crippen LogP contribution is -2.48. The first-order valence-corrected chi connectivity index (χ1v) is 7.83. The van der Waals surface area contributed by atoms with Crippen molar-refractivity contribution in [2.45, 2.75) is 44.8 Å². The van der Waals surface area contributed by atoms with Gasteiger partial charge in [-0.15, -0.1) is 0 Å². The third kappa shape index (κ3) is 4.83. The van der Waals surface area contributed by atoms with Gasteiger partial charge in [-0.05, 0) is 37.9 Å². The molecule has 1 heterocycles. The summed E-state index contributed by atoms with van der Waals surface area (Å²) in [6, 6.07) is 10.8. The number of piperidine rings is 1. The maximum atomic E-state index is 11.6. The minimum atomic E-state index is -0.166. The SMILES string of the molecule is CC[C@@H](NC1CCN(Cc2ccccc2)CC1)C(=O)OC. The van der Waals surface area contributed by atoms with Crippen molar-refractivity contribution in [3.8, 4) is 0 Å². The maximum Gasteiger partial charge on any atom is 0.322 e. The van der Waals surface area contributed by atoms with Crippen LogP contribution in [0.5, 0.6) is 0 Å². The number of hydrogen-bond donors (Lipinski definition) is 1. The van der Waals surface area contributed by atoms with E-state index in [0.717, 1.165) is 38.9 Å². The number of carbonyl (C=O) groups excluding carboxylic acids is 1. The van der Waals surface area contributed by atoms with Gasteiger partial charge in [0.25, 0.3) is 0 Å². The van der Waals surface area contributed by atoms with Gasteiger partial charge in [-0.2, -0.15) is 0 Å². The second-order valence-electron chi connectivity index (χ2n) is 5.69. The number of likely N-dealkylation sites (tertiary alicyclic amines) is 1. The number of ether oxygens (including phenoxy) is 1. The molecule has 0 unspecified atom stereocenters. The Kier molecular flexibility index (Phi) is 6.21. The maximum absolute atomic E-state index is 11.6. The number of methoxy groups -OCH3 is 1. The highest BCUT2D eigenvalue weighted by atomic mass is 16.5. The molecule has 0 saturated carbocycles.